The number of imide groups is 1. The van der Waals surface area contributed by atoms with E-state index in [9.17, 15) is 19.2 Å². The molecule has 3 aromatic carbocycles. The molecule has 3 heterocycles. The van der Waals surface area contributed by atoms with Gasteiger partial charge in [0.25, 0.3) is 5.56 Å². The number of fused-ring (bicyclic) bond motifs is 4. The lowest BCUT2D eigenvalue weighted by atomic mass is 10.1. The number of carbonyl (C=O) groups excluding carboxylic acids is 3. The number of anilines is 1. The summed E-state index contributed by atoms with van der Waals surface area (Å²) in [4.78, 5) is 55.1. The maximum Gasteiger partial charge on any atom is 0.264 e. The highest BCUT2D eigenvalue weighted by molar-refractivity contribution is 6.07. The van der Waals surface area contributed by atoms with Gasteiger partial charge in [0.1, 0.15) is 23.2 Å². The molecular weight excluding hydrogens is 472 g/mol. The minimum atomic E-state index is -0.851. The van der Waals surface area contributed by atoms with E-state index in [1.165, 1.54) is 4.57 Å². The quantitative estimate of drug-likeness (QED) is 0.367. The predicted octanol–water partition coefficient (Wildman–Crippen LogP) is 3.76. The number of rotatable bonds is 4. The number of piperidine rings is 1. The largest absolute Gasteiger partial charge is 0.461 e. The summed E-state index contributed by atoms with van der Waals surface area (Å²) in [6.45, 7) is 1.64. The highest BCUT2D eigenvalue weighted by Gasteiger charge is 2.31. The van der Waals surface area contributed by atoms with Crippen LogP contribution in [0, 0.1) is 6.92 Å². The molecule has 0 aliphatic carbocycles. The highest BCUT2D eigenvalue weighted by Crippen LogP contribution is 2.29. The number of furan rings is 1. The Morgan fingerprint density at radius 1 is 1.08 bits per heavy atom. The Kier molecular flexibility index (Phi) is 5.33. The van der Waals surface area contributed by atoms with E-state index in [4.69, 9.17) is 4.42 Å². The first-order chi connectivity index (χ1) is 17.9. The molecule has 1 aliphatic rings. The standard InChI is InChI=1S/C28H22N4O5/c1-15-29-20-7-4-8-21(26(20)28(36)32(15)22-10-12-24(33)31-27(22)35)30-25(34)14-17-13-19-18-6-3-2-5-16(18)9-11-23(19)37-17/h2-9,11,13,22H,10,12,14H2,1H3,(H,30,34)(H,31,33,35). The molecule has 1 unspecified atom stereocenters. The molecule has 2 N–H and O–H groups in total. The van der Waals surface area contributed by atoms with Crippen LogP contribution in [0.15, 0.2) is 69.9 Å². The number of hydrogen-bond donors (Lipinski definition) is 2. The molecule has 2 aromatic heterocycles. The second-order valence-corrected chi connectivity index (χ2v) is 9.14. The summed E-state index contributed by atoms with van der Waals surface area (Å²) in [6, 6.07) is 17.8. The first kappa shape index (κ1) is 22.7. The van der Waals surface area contributed by atoms with Crippen molar-refractivity contribution in [3.05, 3.63) is 82.6 Å². The third kappa shape index (κ3) is 3.94. The van der Waals surface area contributed by atoms with Crippen molar-refractivity contribution in [2.75, 3.05) is 5.32 Å². The van der Waals surface area contributed by atoms with E-state index in [1.54, 1.807) is 25.1 Å². The van der Waals surface area contributed by atoms with Crippen molar-refractivity contribution in [3.63, 3.8) is 0 Å². The fourth-order valence-electron chi connectivity index (χ4n) is 5.04. The first-order valence-corrected chi connectivity index (χ1v) is 11.9. The Morgan fingerprint density at radius 2 is 1.92 bits per heavy atom. The number of amides is 3. The van der Waals surface area contributed by atoms with E-state index in [1.807, 2.05) is 42.5 Å². The maximum atomic E-state index is 13.6. The second-order valence-electron chi connectivity index (χ2n) is 9.14. The van der Waals surface area contributed by atoms with Gasteiger partial charge >= 0.3 is 0 Å². The fraction of sp³-hybridized carbons (Fsp3) is 0.179. The molecule has 0 spiro atoms. The van der Waals surface area contributed by atoms with Crippen LogP contribution in [0.4, 0.5) is 5.69 Å². The van der Waals surface area contributed by atoms with Gasteiger partial charge in [-0.05, 0) is 48.4 Å². The number of aryl methyl sites for hydroxylation is 1. The van der Waals surface area contributed by atoms with Gasteiger partial charge in [-0.15, -0.1) is 0 Å². The molecule has 3 amide bonds. The highest BCUT2D eigenvalue weighted by atomic mass is 16.3. The van der Waals surface area contributed by atoms with Gasteiger partial charge in [-0.2, -0.15) is 0 Å². The van der Waals surface area contributed by atoms with Crippen LogP contribution in [-0.4, -0.2) is 27.3 Å². The predicted molar refractivity (Wildman–Crippen MR) is 138 cm³/mol. The number of nitrogens with zero attached hydrogens (tertiary/aromatic N) is 2. The van der Waals surface area contributed by atoms with Gasteiger partial charge in [0, 0.05) is 11.8 Å². The third-order valence-electron chi connectivity index (χ3n) is 6.71. The average molecular weight is 495 g/mol. The zero-order valence-electron chi connectivity index (χ0n) is 19.9. The van der Waals surface area contributed by atoms with Gasteiger partial charge in [0.2, 0.25) is 17.7 Å². The molecule has 9 nitrogen and oxygen atoms in total. The van der Waals surface area contributed by atoms with Gasteiger partial charge in [-0.1, -0.05) is 36.4 Å². The molecule has 37 heavy (non-hydrogen) atoms. The van der Waals surface area contributed by atoms with E-state index < -0.39 is 17.5 Å². The minimum Gasteiger partial charge on any atom is -0.461 e. The zero-order valence-corrected chi connectivity index (χ0v) is 19.9. The van der Waals surface area contributed by atoms with E-state index >= 15 is 0 Å². The molecule has 5 aromatic rings. The van der Waals surface area contributed by atoms with Crippen LogP contribution < -0.4 is 16.2 Å². The van der Waals surface area contributed by atoms with Crippen molar-refractivity contribution in [2.45, 2.75) is 32.2 Å². The van der Waals surface area contributed by atoms with Crippen LogP contribution in [0.1, 0.15) is 30.5 Å². The van der Waals surface area contributed by atoms with Crippen molar-refractivity contribution in [1.82, 2.24) is 14.9 Å². The van der Waals surface area contributed by atoms with Crippen LogP contribution in [0.5, 0.6) is 0 Å². The maximum absolute atomic E-state index is 13.6. The lowest BCUT2D eigenvalue weighted by Gasteiger charge is -2.24. The number of benzene rings is 3. The summed E-state index contributed by atoms with van der Waals surface area (Å²) in [5.74, 6) is -0.416. The van der Waals surface area contributed by atoms with Crippen molar-refractivity contribution >= 4 is 56.1 Å². The Bertz CT molecular complexity index is 1820. The number of aromatic nitrogens is 2. The van der Waals surface area contributed by atoms with Crippen LogP contribution >= 0.6 is 0 Å². The molecule has 0 bridgehead atoms. The first-order valence-electron chi connectivity index (χ1n) is 11.9. The summed E-state index contributed by atoms with van der Waals surface area (Å²) in [5, 5.41) is 8.35. The smallest absolute Gasteiger partial charge is 0.264 e. The minimum absolute atomic E-state index is 0.0278. The van der Waals surface area contributed by atoms with Crippen LogP contribution in [-0.2, 0) is 20.8 Å². The van der Waals surface area contributed by atoms with Crippen LogP contribution in [0.25, 0.3) is 32.6 Å². The third-order valence-corrected chi connectivity index (χ3v) is 6.71. The molecule has 1 aliphatic heterocycles. The summed E-state index contributed by atoms with van der Waals surface area (Å²) in [5.41, 5.74) is 0.934. The van der Waals surface area contributed by atoms with Crippen molar-refractivity contribution < 1.29 is 18.8 Å². The summed E-state index contributed by atoms with van der Waals surface area (Å²) < 4.78 is 7.22. The molecular formula is C28H22N4O5. The van der Waals surface area contributed by atoms with Gasteiger partial charge < -0.3 is 9.73 Å². The van der Waals surface area contributed by atoms with Crippen LogP contribution in [0.2, 0.25) is 0 Å². The fourth-order valence-corrected chi connectivity index (χ4v) is 5.04. The average Bonchev–Trinajstić information content (AvgIpc) is 3.28. The Morgan fingerprint density at radius 3 is 2.76 bits per heavy atom. The SMILES string of the molecule is Cc1nc2cccc(NC(=O)Cc3cc4c(ccc5ccccc54)o3)c2c(=O)n1C1CCC(=O)NC1=O. The second kappa shape index (κ2) is 8.70. The molecule has 1 saturated heterocycles. The molecule has 0 radical (unpaired) electrons. The molecule has 1 fully saturated rings. The lowest BCUT2D eigenvalue weighted by molar-refractivity contribution is -0.135. The molecule has 0 saturated carbocycles. The normalized spacial score (nSPS) is 15.9. The van der Waals surface area contributed by atoms with E-state index in [0.29, 0.717) is 28.4 Å². The lowest BCUT2D eigenvalue weighted by Crippen LogP contribution is -2.45. The topological polar surface area (TPSA) is 123 Å². The summed E-state index contributed by atoms with van der Waals surface area (Å²) >= 11 is 0. The van der Waals surface area contributed by atoms with E-state index in [2.05, 4.69) is 15.6 Å². The summed E-state index contributed by atoms with van der Waals surface area (Å²) in [6.07, 6.45) is 0.305. The Balaban J connectivity index is 1.33. The van der Waals surface area contributed by atoms with Crippen molar-refractivity contribution in [1.29, 1.82) is 0 Å². The molecule has 6 rings (SSSR count). The Labute approximate surface area is 210 Å². The van der Waals surface area contributed by atoms with E-state index in [-0.39, 0.29) is 36.5 Å². The molecule has 9 heteroatoms. The number of hydrogen-bond acceptors (Lipinski definition) is 6. The van der Waals surface area contributed by atoms with Gasteiger partial charge in [-0.3, -0.25) is 29.1 Å². The van der Waals surface area contributed by atoms with Crippen molar-refractivity contribution in [3.8, 4) is 0 Å². The molecule has 1 atom stereocenters. The van der Waals surface area contributed by atoms with Crippen LogP contribution in [0.3, 0.4) is 0 Å². The number of nitrogens with one attached hydrogen (secondary N) is 2. The monoisotopic (exact) mass is 494 g/mol. The van der Waals surface area contributed by atoms with Crippen molar-refractivity contribution in [2.24, 2.45) is 0 Å². The summed E-state index contributed by atoms with van der Waals surface area (Å²) in [7, 11) is 0. The van der Waals surface area contributed by atoms with Gasteiger partial charge in [-0.25, -0.2) is 4.98 Å². The Hall–Kier alpha value is -4.79. The van der Waals surface area contributed by atoms with Gasteiger partial charge in [0.05, 0.1) is 23.0 Å². The number of carbonyl (C=O) groups is 3. The van der Waals surface area contributed by atoms with Gasteiger partial charge in [0.15, 0.2) is 0 Å². The zero-order chi connectivity index (χ0) is 25.7. The van der Waals surface area contributed by atoms with E-state index in [0.717, 1.165) is 16.2 Å². The molecule has 184 valence electrons.